The third kappa shape index (κ3) is 3.93. The number of nitrogens with zero attached hydrogens (tertiary/aromatic N) is 2. The maximum absolute atomic E-state index is 9.35. The van der Waals surface area contributed by atoms with E-state index >= 15 is 0 Å². The van der Waals surface area contributed by atoms with E-state index in [-0.39, 0.29) is 12.1 Å². The highest BCUT2D eigenvalue weighted by Gasteiger charge is 2.20. The first-order valence-corrected chi connectivity index (χ1v) is 7.45. The molecule has 2 N–H and O–H groups in total. The standard InChI is InChI=1S/C13H25N3OS/c1-5-13(4,10-17)15-9-11-8-14-12(18-11)16(6-2)7-3/h8,15,17H,5-7,9-10H2,1-4H3. The lowest BCUT2D eigenvalue weighted by Crippen LogP contribution is -2.44. The molecule has 1 rings (SSSR count). The van der Waals surface area contributed by atoms with Gasteiger partial charge in [-0.1, -0.05) is 6.92 Å². The lowest BCUT2D eigenvalue weighted by Gasteiger charge is -2.26. The van der Waals surface area contributed by atoms with Crippen molar-refractivity contribution >= 4 is 16.5 Å². The van der Waals surface area contributed by atoms with Gasteiger partial charge in [0.1, 0.15) is 0 Å². The second-order valence-electron chi connectivity index (χ2n) is 4.71. The van der Waals surface area contributed by atoms with Gasteiger partial charge in [0.25, 0.3) is 0 Å². The fourth-order valence-corrected chi connectivity index (χ4v) is 2.59. The van der Waals surface area contributed by atoms with Gasteiger partial charge in [-0.25, -0.2) is 4.98 Å². The van der Waals surface area contributed by atoms with Crippen molar-refractivity contribution in [2.24, 2.45) is 0 Å². The predicted molar refractivity (Wildman–Crippen MR) is 78.3 cm³/mol. The van der Waals surface area contributed by atoms with Crippen molar-refractivity contribution in [1.82, 2.24) is 10.3 Å². The van der Waals surface area contributed by atoms with Crippen molar-refractivity contribution in [3.63, 3.8) is 0 Å². The van der Waals surface area contributed by atoms with Gasteiger partial charge in [-0.2, -0.15) is 0 Å². The average molecular weight is 271 g/mol. The Bertz CT molecular complexity index is 346. The van der Waals surface area contributed by atoms with Crippen LogP contribution >= 0.6 is 11.3 Å². The number of aliphatic hydroxyl groups is 1. The minimum absolute atomic E-state index is 0.158. The van der Waals surface area contributed by atoms with Crippen molar-refractivity contribution < 1.29 is 5.11 Å². The number of hydrogen-bond donors (Lipinski definition) is 2. The lowest BCUT2D eigenvalue weighted by molar-refractivity contribution is 0.169. The fourth-order valence-electron chi connectivity index (χ4n) is 1.61. The zero-order valence-electron chi connectivity index (χ0n) is 11.9. The number of hydrogen-bond acceptors (Lipinski definition) is 5. The van der Waals surface area contributed by atoms with Crippen molar-refractivity contribution in [2.45, 2.75) is 46.2 Å². The van der Waals surface area contributed by atoms with Crippen LogP contribution in [0.5, 0.6) is 0 Å². The molecule has 0 aliphatic rings. The molecule has 0 saturated heterocycles. The van der Waals surface area contributed by atoms with E-state index in [0.717, 1.165) is 31.2 Å². The van der Waals surface area contributed by atoms with Gasteiger partial charge in [-0.3, -0.25) is 0 Å². The molecule has 1 aromatic rings. The molecule has 18 heavy (non-hydrogen) atoms. The Balaban J connectivity index is 2.59. The van der Waals surface area contributed by atoms with Crippen LogP contribution in [0.2, 0.25) is 0 Å². The number of rotatable bonds is 8. The summed E-state index contributed by atoms with van der Waals surface area (Å²) in [7, 11) is 0. The smallest absolute Gasteiger partial charge is 0.185 e. The van der Waals surface area contributed by atoms with E-state index in [1.165, 1.54) is 4.88 Å². The monoisotopic (exact) mass is 271 g/mol. The number of aromatic nitrogens is 1. The topological polar surface area (TPSA) is 48.4 Å². The summed E-state index contributed by atoms with van der Waals surface area (Å²) in [6, 6.07) is 0. The third-order valence-electron chi connectivity index (χ3n) is 3.39. The lowest BCUT2D eigenvalue weighted by atomic mass is 10.0. The van der Waals surface area contributed by atoms with Gasteiger partial charge in [0, 0.05) is 36.2 Å². The average Bonchev–Trinajstić information content (AvgIpc) is 2.86. The van der Waals surface area contributed by atoms with E-state index in [9.17, 15) is 5.11 Å². The van der Waals surface area contributed by atoms with Gasteiger partial charge in [-0.15, -0.1) is 11.3 Å². The van der Waals surface area contributed by atoms with Crippen LogP contribution in [0.4, 0.5) is 5.13 Å². The Morgan fingerprint density at radius 3 is 2.56 bits per heavy atom. The number of anilines is 1. The highest BCUT2D eigenvalue weighted by Crippen LogP contribution is 2.22. The Morgan fingerprint density at radius 2 is 2.06 bits per heavy atom. The zero-order valence-corrected chi connectivity index (χ0v) is 12.7. The van der Waals surface area contributed by atoms with E-state index in [1.807, 2.05) is 13.1 Å². The molecule has 1 unspecified atom stereocenters. The molecule has 0 fully saturated rings. The Hall–Kier alpha value is -0.650. The van der Waals surface area contributed by atoms with Crippen LogP contribution in [0.3, 0.4) is 0 Å². The normalized spacial score (nSPS) is 14.5. The molecule has 1 heterocycles. The van der Waals surface area contributed by atoms with Gasteiger partial charge in [-0.05, 0) is 27.2 Å². The van der Waals surface area contributed by atoms with Crippen LogP contribution < -0.4 is 10.2 Å². The molecule has 5 heteroatoms. The SMILES string of the molecule is CCN(CC)c1ncc(CNC(C)(CC)CO)s1. The van der Waals surface area contributed by atoms with Crippen molar-refractivity contribution in [1.29, 1.82) is 0 Å². The molecular formula is C13H25N3OS. The van der Waals surface area contributed by atoms with E-state index in [0.29, 0.717) is 0 Å². The largest absolute Gasteiger partial charge is 0.394 e. The highest BCUT2D eigenvalue weighted by atomic mass is 32.1. The molecular weight excluding hydrogens is 246 g/mol. The van der Waals surface area contributed by atoms with Crippen LogP contribution in [0.15, 0.2) is 6.20 Å². The molecule has 0 aliphatic carbocycles. The third-order valence-corrected chi connectivity index (χ3v) is 4.45. The van der Waals surface area contributed by atoms with Crippen LogP contribution in [-0.2, 0) is 6.54 Å². The minimum atomic E-state index is -0.195. The van der Waals surface area contributed by atoms with Crippen LogP contribution in [0.25, 0.3) is 0 Å². The summed E-state index contributed by atoms with van der Waals surface area (Å²) in [5, 5.41) is 13.8. The Labute approximate surface area is 114 Å². The fraction of sp³-hybridized carbons (Fsp3) is 0.769. The number of aliphatic hydroxyl groups excluding tert-OH is 1. The van der Waals surface area contributed by atoms with Crippen molar-refractivity contribution in [3.8, 4) is 0 Å². The predicted octanol–water partition coefficient (Wildman–Crippen LogP) is 2.24. The summed E-state index contributed by atoms with van der Waals surface area (Å²) in [6.07, 6.45) is 2.84. The van der Waals surface area contributed by atoms with Gasteiger partial charge >= 0.3 is 0 Å². The Morgan fingerprint density at radius 1 is 1.39 bits per heavy atom. The first kappa shape index (κ1) is 15.4. The second kappa shape index (κ2) is 7.07. The van der Waals surface area contributed by atoms with Crippen LogP contribution in [0.1, 0.15) is 39.0 Å². The molecule has 0 saturated carbocycles. The van der Waals surface area contributed by atoms with Gasteiger partial charge in [0.2, 0.25) is 0 Å². The molecule has 1 aromatic heterocycles. The molecule has 0 aromatic carbocycles. The van der Waals surface area contributed by atoms with E-state index in [4.69, 9.17) is 0 Å². The zero-order chi connectivity index (χ0) is 13.6. The van der Waals surface area contributed by atoms with Crippen LogP contribution in [0, 0.1) is 0 Å². The first-order valence-electron chi connectivity index (χ1n) is 6.64. The number of thiazole rings is 1. The maximum atomic E-state index is 9.35. The summed E-state index contributed by atoms with van der Waals surface area (Å²) in [4.78, 5) is 7.91. The molecule has 0 amide bonds. The quantitative estimate of drug-likeness (QED) is 0.761. The van der Waals surface area contributed by atoms with Crippen LogP contribution in [-0.4, -0.2) is 35.3 Å². The Kier molecular flexibility index (Phi) is 6.05. The highest BCUT2D eigenvalue weighted by molar-refractivity contribution is 7.15. The summed E-state index contributed by atoms with van der Waals surface area (Å²) in [5.41, 5.74) is -0.195. The maximum Gasteiger partial charge on any atom is 0.185 e. The minimum Gasteiger partial charge on any atom is -0.394 e. The first-order chi connectivity index (χ1) is 8.58. The molecule has 4 nitrogen and oxygen atoms in total. The summed E-state index contributed by atoms with van der Waals surface area (Å²) >= 11 is 1.72. The molecule has 0 bridgehead atoms. The number of nitrogens with one attached hydrogen (secondary N) is 1. The van der Waals surface area contributed by atoms with E-state index in [2.05, 4.69) is 36.0 Å². The van der Waals surface area contributed by atoms with E-state index in [1.54, 1.807) is 11.3 Å². The second-order valence-corrected chi connectivity index (χ2v) is 5.80. The van der Waals surface area contributed by atoms with Gasteiger partial charge in [0.05, 0.1) is 6.61 Å². The van der Waals surface area contributed by atoms with Gasteiger partial charge < -0.3 is 15.3 Å². The summed E-state index contributed by atoms with van der Waals surface area (Å²) in [5.74, 6) is 0. The molecule has 104 valence electrons. The summed E-state index contributed by atoms with van der Waals surface area (Å²) < 4.78 is 0. The van der Waals surface area contributed by atoms with Gasteiger partial charge in [0.15, 0.2) is 5.13 Å². The molecule has 1 atom stereocenters. The molecule has 0 radical (unpaired) electrons. The van der Waals surface area contributed by atoms with Crippen molar-refractivity contribution in [2.75, 3.05) is 24.6 Å². The van der Waals surface area contributed by atoms with E-state index < -0.39 is 0 Å². The molecule has 0 spiro atoms. The summed E-state index contributed by atoms with van der Waals surface area (Å²) in [6.45, 7) is 11.3. The van der Waals surface area contributed by atoms with Crippen molar-refractivity contribution in [3.05, 3.63) is 11.1 Å². The molecule has 0 aliphatic heterocycles.